The first-order valence-corrected chi connectivity index (χ1v) is 4.94. The van der Waals surface area contributed by atoms with Gasteiger partial charge in [-0.2, -0.15) is 0 Å². The lowest BCUT2D eigenvalue weighted by atomic mass is 10.2. The number of fused-ring (bicyclic) bond motifs is 1. The Balaban J connectivity index is 2.12. The molecule has 0 N–H and O–H groups in total. The van der Waals surface area contributed by atoms with Crippen LogP contribution in [0.2, 0.25) is 0 Å². The molecule has 0 aromatic carbocycles. The number of ketones is 1. The molecule has 5 nitrogen and oxygen atoms in total. The van der Waals surface area contributed by atoms with Gasteiger partial charge in [-0.25, -0.2) is 0 Å². The Morgan fingerprint density at radius 1 is 1.47 bits per heavy atom. The summed E-state index contributed by atoms with van der Waals surface area (Å²) < 4.78 is 16.0. The highest BCUT2D eigenvalue weighted by Crippen LogP contribution is 2.37. The van der Waals surface area contributed by atoms with Gasteiger partial charge >= 0.3 is 5.97 Å². The van der Waals surface area contributed by atoms with E-state index in [1.54, 1.807) is 13.8 Å². The van der Waals surface area contributed by atoms with Gasteiger partial charge in [-0.1, -0.05) is 0 Å². The van der Waals surface area contributed by atoms with E-state index in [0.717, 1.165) is 0 Å². The van der Waals surface area contributed by atoms with Crippen LogP contribution in [0.5, 0.6) is 0 Å². The van der Waals surface area contributed by atoms with Gasteiger partial charge in [0.25, 0.3) is 0 Å². The van der Waals surface area contributed by atoms with Gasteiger partial charge in [0.15, 0.2) is 11.6 Å². The van der Waals surface area contributed by atoms with Crippen LogP contribution in [0.15, 0.2) is 0 Å². The van der Waals surface area contributed by atoms with Crippen LogP contribution in [0.3, 0.4) is 0 Å². The maximum absolute atomic E-state index is 11.5. The third kappa shape index (κ3) is 1.89. The van der Waals surface area contributed by atoms with Crippen molar-refractivity contribution in [3.8, 4) is 0 Å². The van der Waals surface area contributed by atoms with E-state index in [2.05, 4.69) is 0 Å². The van der Waals surface area contributed by atoms with Gasteiger partial charge < -0.3 is 14.2 Å². The smallest absolute Gasteiger partial charge is 0.303 e. The number of hydrogen-bond donors (Lipinski definition) is 0. The predicted molar refractivity (Wildman–Crippen MR) is 49.0 cm³/mol. The lowest BCUT2D eigenvalue weighted by molar-refractivity contribution is -0.176. The van der Waals surface area contributed by atoms with E-state index in [0.29, 0.717) is 0 Å². The molecule has 1 saturated heterocycles. The molecule has 0 bridgehead atoms. The summed E-state index contributed by atoms with van der Waals surface area (Å²) in [4.78, 5) is 22.4. The maximum Gasteiger partial charge on any atom is 0.303 e. The van der Waals surface area contributed by atoms with Gasteiger partial charge in [0, 0.05) is 13.3 Å². The Morgan fingerprint density at radius 2 is 2.13 bits per heavy atom. The van der Waals surface area contributed by atoms with Crippen LogP contribution in [-0.2, 0) is 23.8 Å². The molecule has 1 saturated carbocycles. The third-order valence-electron chi connectivity index (χ3n) is 2.53. The first-order valence-electron chi connectivity index (χ1n) is 4.94. The first kappa shape index (κ1) is 10.6. The van der Waals surface area contributed by atoms with Gasteiger partial charge in [-0.3, -0.25) is 9.59 Å². The number of Topliss-reactive ketones (excluding diaryl/α,β-unsaturated/α-hetero) is 1. The lowest BCUT2D eigenvalue weighted by Gasteiger charge is -2.20. The number of carbonyl (C=O) groups is 2. The van der Waals surface area contributed by atoms with Crippen molar-refractivity contribution < 1.29 is 23.8 Å². The average molecular weight is 214 g/mol. The van der Waals surface area contributed by atoms with Gasteiger partial charge in [0.05, 0.1) is 0 Å². The van der Waals surface area contributed by atoms with Gasteiger partial charge in [-0.15, -0.1) is 0 Å². The molecule has 0 aromatic heterocycles. The fraction of sp³-hybridized carbons (Fsp3) is 0.800. The van der Waals surface area contributed by atoms with Crippen LogP contribution in [0.1, 0.15) is 27.2 Å². The molecule has 0 spiro atoms. The molecular formula is C10H14O5. The number of esters is 1. The molecule has 5 heteroatoms. The van der Waals surface area contributed by atoms with E-state index in [9.17, 15) is 9.59 Å². The Kier molecular flexibility index (Phi) is 2.31. The molecule has 0 amide bonds. The van der Waals surface area contributed by atoms with Crippen molar-refractivity contribution in [2.24, 2.45) is 0 Å². The number of rotatable bonds is 1. The highest BCUT2D eigenvalue weighted by molar-refractivity contribution is 5.87. The Labute approximate surface area is 87.7 Å². The van der Waals surface area contributed by atoms with Crippen molar-refractivity contribution in [1.29, 1.82) is 0 Å². The Bertz CT molecular complexity index is 307. The van der Waals surface area contributed by atoms with Crippen molar-refractivity contribution in [2.45, 2.75) is 51.3 Å². The topological polar surface area (TPSA) is 61.8 Å². The molecule has 3 atom stereocenters. The summed E-state index contributed by atoms with van der Waals surface area (Å²) >= 11 is 0. The monoisotopic (exact) mass is 214 g/mol. The molecule has 2 fully saturated rings. The number of ether oxygens (including phenoxy) is 3. The van der Waals surface area contributed by atoms with Crippen LogP contribution in [0.25, 0.3) is 0 Å². The summed E-state index contributed by atoms with van der Waals surface area (Å²) in [6.45, 7) is 4.80. The van der Waals surface area contributed by atoms with Gasteiger partial charge in [0.1, 0.15) is 18.3 Å². The van der Waals surface area contributed by atoms with E-state index in [-0.39, 0.29) is 12.2 Å². The molecule has 0 radical (unpaired) electrons. The van der Waals surface area contributed by atoms with E-state index in [4.69, 9.17) is 14.2 Å². The zero-order valence-electron chi connectivity index (χ0n) is 8.98. The molecule has 1 heterocycles. The van der Waals surface area contributed by atoms with Crippen molar-refractivity contribution >= 4 is 11.8 Å². The van der Waals surface area contributed by atoms with E-state index < -0.39 is 30.1 Å². The first-order chi connectivity index (χ1) is 6.89. The van der Waals surface area contributed by atoms with E-state index in [1.165, 1.54) is 6.92 Å². The number of carbonyl (C=O) groups excluding carboxylic acids is 2. The van der Waals surface area contributed by atoms with Crippen LogP contribution in [0, 0.1) is 0 Å². The molecule has 15 heavy (non-hydrogen) atoms. The molecule has 2 rings (SSSR count). The normalized spacial score (nSPS) is 37.8. The fourth-order valence-corrected chi connectivity index (χ4v) is 2.06. The molecule has 1 aliphatic heterocycles. The largest absolute Gasteiger partial charge is 0.459 e. The average Bonchev–Trinajstić information content (AvgIpc) is 2.49. The summed E-state index contributed by atoms with van der Waals surface area (Å²) in [5.74, 6) is -1.23. The maximum atomic E-state index is 11.5. The Hall–Kier alpha value is -0.940. The van der Waals surface area contributed by atoms with Crippen LogP contribution >= 0.6 is 0 Å². The quantitative estimate of drug-likeness (QED) is 0.592. The van der Waals surface area contributed by atoms with E-state index >= 15 is 0 Å². The molecular weight excluding hydrogens is 200 g/mol. The second-order valence-electron chi connectivity index (χ2n) is 4.34. The standard InChI is InChI=1S/C10H14O5/c1-5(11)13-7-4-6(12)8-9(7)15-10(2,3)14-8/h7-9H,4H2,1-3H3/t7-,8+,9-/m1/s1. The van der Waals surface area contributed by atoms with Crippen molar-refractivity contribution in [3.63, 3.8) is 0 Å². The molecule has 84 valence electrons. The Morgan fingerprint density at radius 3 is 2.73 bits per heavy atom. The fourth-order valence-electron chi connectivity index (χ4n) is 2.06. The van der Waals surface area contributed by atoms with Crippen molar-refractivity contribution in [3.05, 3.63) is 0 Å². The zero-order valence-corrected chi connectivity index (χ0v) is 8.98. The molecule has 2 aliphatic rings. The summed E-state index contributed by atoms with van der Waals surface area (Å²) in [6, 6.07) is 0. The number of hydrogen-bond acceptors (Lipinski definition) is 5. The van der Waals surface area contributed by atoms with Crippen molar-refractivity contribution in [2.75, 3.05) is 0 Å². The molecule has 0 unspecified atom stereocenters. The second-order valence-corrected chi connectivity index (χ2v) is 4.34. The van der Waals surface area contributed by atoms with Crippen LogP contribution in [-0.4, -0.2) is 35.9 Å². The summed E-state index contributed by atoms with van der Waals surface area (Å²) in [5, 5.41) is 0. The third-order valence-corrected chi connectivity index (χ3v) is 2.53. The minimum Gasteiger partial charge on any atom is -0.459 e. The highest BCUT2D eigenvalue weighted by atomic mass is 16.8. The molecule has 0 aromatic rings. The van der Waals surface area contributed by atoms with Gasteiger partial charge in [0.2, 0.25) is 0 Å². The van der Waals surface area contributed by atoms with Gasteiger partial charge in [-0.05, 0) is 13.8 Å². The lowest BCUT2D eigenvalue weighted by Crippen LogP contribution is -2.31. The van der Waals surface area contributed by atoms with E-state index in [1.807, 2.05) is 0 Å². The second kappa shape index (κ2) is 3.28. The summed E-state index contributed by atoms with van der Waals surface area (Å²) in [6.07, 6.45) is -1.34. The zero-order chi connectivity index (χ0) is 11.2. The van der Waals surface area contributed by atoms with Crippen molar-refractivity contribution in [1.82, 2.24) is 0 Å². The van der Waals surface area contributed by atoms with Crippen LogP contribution < -0.4 is 0 Å². The summed E-state index contributed by atoms with van der Waals surface area (Å²) in [5.41, 5.74) is 0. The molecule has 1 aliphatic carbocycles. The SMILES string of the molecule is CC(=O)O[C@@H]1CC(=O)[C@@H]2OC(C)(C)O[C@H]12. The predicted octanol–water partition coefficient (Wildman–Crippen LogP) is 0.411. The minimum absolute atomic E-state index is 0.0585. The highest BCUT2D eigenvalue weighted by Gasteiger charge is 2.55. The minimum atomic E-state index is -0.774. The van der Waals surface area contributed by atoms with Crippen LogP contribution in [0.4, 0.5) is 0 Å². The summed E-state index contributed by atoms with van der Waals surface area (Å²) in [7, 11) is 0.